The Balaban J connectivity index is 1.86. The third-order valence-corrected chi connectivity index (χ3v) is 5.27. The normalized spacial score (nSPS) is 10.6. The van der Waals surface area contributed by atoms with Crippen LogP contribution in [0.15, 0.2) is 23.6 Å². The molecule has 0 unspecified atom stereocenters. The number of benzene rings is 1. The van der Waals surface area contributed by atoms with Crippen molar-refractivity contribution in [3.05, 3.63) is 39.8 Å². The summed E-state index contributed by atoms with van der Waals surface area (Å²) in [7, 11) is 1.62. The summed E-state index contributed by atoms with van der Waals surface area (Å²) in [6, 6.07) is 5.58. The van der Waals surface area contributed by atoms with Gasteiger partial charge in [0.2, 0.25) is 5.78 Å². The number of ketones is 1. The number of nitrogens with zero attached hydrogens (tertiary/aromatic N) is 1. The number of thiazole rings is 1. The van der Waals surface area contributed by atoms with Crippen molar-refractivity contribution in [2.24, 2.45) is 0 Å². The monoisotopic (exact) mass is 405 g/mol. The van der Waals surface area contributed by atoms with Crippen LogP contribution in [-0.2, 0) is 6.42 Å². The Hall–Kier alpha value is -2.41. The van der Waals surface area contributed by atoms with Crippen LogP contribution in [0.1, 0.15) is 71.3 Å². The molecule has 1 aromatic heterocycles. The van der Waals surface area contributed by atoms with Crippen LogP contribution in [0.25, 0.3) is 0 Å². The van der Waals surface area contributed by atoms with Gasteiger partial charge in [-0.15, -0.1) is 11.3 Å². The number of carbonyl (C=O) groups excluding carboxylic acids is 1. The Morgan fingerprint density at radius 1 is 1.14 bits per heavy atom. The number of unbranched alkanes of at least 4 members (excludes halogenated alkanes) is 5. The van der Waals surface area contributed by atoms with Crippen molar-refractivity contribution in [1.29, 1.82) is 0 Å². The molecule has 2 aromatic rings. The molecular formula is C21H27NO5S. The minimum absolute atomic E-state index is 0.129. The van der Waals surface area contributed by atoms with E-state index in [1.54, 1.807) is 13.2 Å². The van der Waals surface area contributed by atoms with Crippen molar-refractivity contribution in [3.63, 3.8) is 0 Å². The summed E-state index contributed by atoms with van der Waals surface area (Å²) in [5, 5.41) is 10.3. The predicted octanol–water partition coefficient (Wildman–Crippen LogP) is 5.01. The summed E-state index contributed by atoms with van der Waals surface area (Å²) in [4.78, 5) is 26.8. The zero-order valence-electron chi connectivity index (χ0n) is 16.4. The van der Waals surface area contributed by atoms with E-state index in [1.165, 1.54) is 37.5 Å². The van der Waals surface area contributed by atoms with Crippen LogP contribution in [0, 0.1) is 0 Å². The van der Waals surface area contributed by atoms with Gasteiger partial charge in [-0.25, -0.2) is 9.78 Å². The van der Waals surface area contributed by atoms with Crippen LogP contribution in [0.3, 0.4) is 0 Å². The van der Waals surface area contributed by atoms with Crippen molar-refractivity contribution >= 4 is 23.1 Å². The fourth-order valence-corrected chi connectivity index (χ4v) is 3.55. The van der Waals surface area contributed by atoms with Crippen molar-refractivity contribution in [1.82, 2.24) is 4.98 Å². The first-order valence-corrected chi connectivity index (χ1v) is 10.4. The Labute approximate surface area is 169 Å². The molecule has 0 atom stereocenters. The summed E-state index contributed by atoms with van der Waals surface area (Å²) in [6.07, 6.45) is 8.39. The molecule has 28 heavy (non-hydrogen) atoms. The smallest absolute Gasteiger partial charge is 0.355 e. The van der Waals surface area contributed by atoms with E-state index >= 15 is 0 Å². The van der Waals surface area contributed by atoms with Gasteiger partial charge in [-0.2, -0.15) is 0 Å². The number of carbonyl (C=O) groups is 2. The number of aromatic carboxylic acids is 1. The van der Waals surface area contributed by atoms with Crippen LogP contribution in [0.2, 0.25) is 0 Å². The second-order valence-electron chi connectivity index (χ2n) is 6.55. The molecule has 1 N–H and O–H groups in total. The van der Waals surface area contributed by atoms with Gasteiger partial charge in [0.05, 0.1) is 7.11 Å². The fourth-order valence-electron chi connectivity index (χ4n) is 2.83. The van der Waals surface area contributed by atoms with Gasteiger partial charge >= 0.3 is 5.97 Å². The van der Waals surface area contributed by atoms with Crippen LogP contribution >= 0.6 is 11.3 Å². The van der Waals surface area contributed by atoms with E-state index in [2.05, 4.69) is 11.9 Å². The second-order valence-corrected chi connectivity index (χ2v) is 7.40. The van der Waals surface area contributed by atoms with Gasteiger partial charge in [-0.1, -0.05) is 45.1 Å². The van der Waals surface area contributed by atoms with Crippen LogP contribution in [0.4, 0.5) is 0 Å². The van der Waals surface area contributed by atoms with Gasteiger partial charge < -0.3 is 14.6 Å². The molecule has 0 aliphatic heterocycles. The lowest BCUT2D eigenvalue weighted by molar-refractivity contribution is 0.0691. The average molecular weight is 406 g/mol. The molecule has 1 heterocycles. The first kappa shape index (κ1) is 21.9. The van der Waals surface area contributed by atoms with Crippen LogP contribution < -0.4 is 9.47 Å². The topological polar surface area (TPSA) is 85.7 Å². The highest BCUT2D eigenvalue weighted by Crippen LogP contribution is 2.26. The molecule has 0 amide bonds. The molecule has 0 aliphatic rings. The van der Waals surface area contributed by atoms with E-state index in [-0.39, 0.29) is 23.1 Å². The highest BCUT2D eigenvalue weighted by Gasteiger charge is 2.15. The van der Waals surface area contributed by atoms with Gasteiger partial charge in [0, 0.05) is 11.4 Å². The number of hydrogen-bond donors (Lipinski definition) is 1. The molecule has 6 nitrogen and oxygen atoms in total. The highest BCUT2D eigenvalue weighted by atomic mass is 32.1. The molecule has 152 valence electrons. The molecule has 0 fully saturated rings. The number of aryl methyl sites for hydroxylation is 1. The SMILES string of the molecule is CCCCCCCCc1ccc(OCC(=O)c2nc(C(=O)O)cs2)cc1OC. The average Bonchev–Trinajstić information content (AvgIpc) is 3.20. The lowest BCUT2D eigenvalue weighted by Crippen LogP contribution is -2.12. The summed E-state index contributed by atoms with van der Waals surface area (Å²) in [5.74, 6) is -0.220. The van der Waals surface area contributed by atoms with E-state index in [9.17, 15) is 9.59 Å². The van der Waals surface area contributed by atoms with Gasteiger partial charge in [-0.05, 0) is 24.5 Å². The van der Waals surface area contributed by atoms with E-state index in [1.807, 2.05) is 12.1 Å². The molecule has 2 rings (SSSR count). The van der Waals surface area contributed by atoms with E-state index < -0.39 is 5.97 Å². The van der Waals surface area contributed by atoms with E-state index in [0.717, 1.165) is 35.5 Å². The maximum absolute atomic E-state index is 12.1. The third kappa shape index (κ3) is 6.64. The Kier molecular flexibility index (Phi) is 8.94. The summed E-state index contributed by atoms with van der Waals surface area (Å²) in [5.41, 5.74) is 0.997. The molecule has 0 saturated carbocycles. The third-order valence-electron chi connectivity index (χ3n) is 4.39. The minimum Gasteiger partial charge on any atom is -0.496 e. The lowest BCUT2D eigenvalue weighted by atomic mass is 10.0. The molecule has 0 aliphatic carbocycles. The van der Waals surface area contributed by atoms with Crippen molar-refractivity contribution < 1.29 is 24.2 Å². The van der Waals surface area contributed by atoms with Crippen molar-refractivity contribution in [2.45, 2.75) is 51.9 Å². The summed E-state index contributed by atoms with van der Waals surface area (Å²) in [6.45, 7) is 2.01. The predicted molar refractivity (Wildman–Crippen MR) is 109 cm³/mol. The Morgan fingerprint density at radius 2 is 1.89 bits per heavy atom. The molecule has 0 spiro atoms. The number of rotatable bonds is 13. The van der Waals surface area contributed by atoms with Gasteiger partial charge in [0.25, 0.3) is 0 Å². The van der Waals surface area contributed by atoms with E-state index in [4.69, 9.17) is 14.6 Å². The molecule has 0 radical (unpaired) electrons. The maximum Gasteiger partial charge on any atom is 0.355 e. The van der Waals surface area contributed by atoms with Gasteiger partial charge in [0.1, 0.15) is 11.5 Å². The number of carboxylic acids is 1. The molecule has 0 bridgehead atoms. The molecule has 7 heteroatoms. The zero-order chi connectivity index (χ0) is 20.4. The second kappa shape index (κ2) is 11.4. The van der Waals surface area contributed by atoms with Crippen molar-refractivity contribution in [3.8, 4) is 11.5 Å². The number of methoxy groups -OCH3 is 1. The standard InChI is InChI=1S/C21H27NO5S/c1-3-4-5-6-7-8-9-15-10-11-16(12-19(15)26-2)27-13-18(23)20-22-17(14-28-20)21(24)25/h10-12,14H,3-9,13H2,1-2H3,(H,24,25). The number of ether oxygens (including phenoxy) is 2. The Morgan fingerprint density at radius 3 is 2.57 bits per heavy atom. The first-order chi connectivity index (χ1) is 13.5. The molecule has 1 aromatic carbocycles. The maximum atomic E-state index is 12.1. The minimum atomic E-state index is -1.15. The molecular weight excluding hydrogens is 378 g/mol. The van der Waals surface area contributed by atoms with Crippen molar-refractivity contribution in [2.75, 3.05) is 13.7 Å². The van der Waals surface area contributed by atoms with Crippen LogP contribution in [-0.4, -0.2) is 35.6 Å². The quantitative estimate of drug-likeness (QED) is 0.372. The molecule has 0 saturated heterocycles. The number of aromatic nitrogens is 1. The van der Waals surface area contributed by atoms with Gasteiger partial charge in [-0.3, -0.25) is 4.79 Å². The Bertz CT molecular complexity index is 787. The number of carboxylic acid groups (broad SMARTS) is 1. The first-order valence-electron chi connectivity index (χ1n) is 9.56. The zero-order valence-corrected chi connectivity index (χ0v) is 17.2. The lowest BCUT2D eigenvalue weighted by Gasteiger charge is -2.11. The highest BCUT2D eigenvalue weighted by molar-refractivity contribution is 7.12. The van der Waals surface area contributed by atoms with Crippen LogP contribution in [0.5, 0.6) is 11.5 Å². The fraction of sp³-hybridized carbons (Fsp3) is 0.476. The summed E-state index contributed by atoms with van der Waals surface area (Å²) < 4.78 is 11.0. The number of hydrogen-bond acceptors (Lipinski definition) is 6. The van der Waals surface area contributed by atoms with E-state index in [0.29, 0.717) is 5.75 Å². The number of Topliss-reactive ketones (excluding diaryl/α,β-unsaturated/α-hetero) is 1. The largest absolute Gasteiger partial charge is 0.496 e. The summed E-state index contributed by atoms with van der Waals surface area (Å²) >= 11 is 1.00. The van der Waals surface area contributed by atoms with Gasteiger partial charge in [0.15, 0.2) is 17.3 Å².